The van der Waals surface area contributed by atoms with Gasteiger partial charge < -0.3 is 15.7 Å². The van der Waals surface area contributed by atoms with Crippen molar-refractivity contribution in [3.05, 3.63) is 4.30 Å². The monoisotopic (exact) mass is 685 g/mol. The summed E-state index contributed by atoms with van der Waals surface area (Å²) in [7, 11) is 0. The molecule has 2 aliphatic rings. The van der Waals surface area contributed by atoms with Crippen LogP contribution in [0.25, 0.3) is 4.30 Å². The summed E-state index contributed by atoms with van der Waals surface area (Å²) in [6.45, 7) is 3.42. The first-order chi connectivity index (χ1) is 6.61. The minimum atomic E-state index is -0.491. The fourth-order valence-electron chi connectivity index (χ4n) is 0.643. The van der Waals surface area contributed by atoms with Crippen LogP contribution in [0.3, 0.4) is 0 Å². The molecule has 0 N–H and O–H groups in total. The van der Waals surface area contributed by atoms with E-state index in [1.165, 1.54) is 0 Å². The Hall–Kier alpha value is 2.41. The van der Waals surface area contributed by atoms with E-state index in [0.717, 1.165) is 0 Å². The summed E-state index contributed by atoms with van der Waals surface area (Å²) in [6, 6.07) is -0.185. The third-order valence-electron chi connectivity index (χ3n) is 1.55. The zero-order chi connectivity index (χ0) is 10.6. The van der Waals surface area contributed by atoms with E-state index in [-0.39, 0.29) is 115 Å². The van der Waals surface area contributed by atoms with Crippen molar-refractivity contribution in [1.82, 2.24) is 0 Å². The van der Waals surface area contributed by atoms with E-state index < -0.39 is 15.9 Å². The Labute approximate surface area is 167 Å². The van der Waals surface area contributed by atoms with Crippen LogP contribution in [0.4, 0.5) is 0 Å². The number of hydrogen-bond donors (Lipinski definition) is 0. The molecule has 0 unspecified atom stereocenters. The second kappa shape index (κ2) is 13.4. The van der Waals surface area contributed by atoms with Gasteiger partial charge in [-0.25, -0.2) is 0 Å². The molecule has 2 fully saturated rings. The van der Waals surface area contributed by atoms with Crippen LogP contribution in [0.1, 0.15) is 13.8 Å². The third-order valence-corrected chi connectivity index (χ3v) is 3.30. The van der Waals surface area contributed by atoms with E-state index in [2.05, 4.69) is 11.9 Å². The Kier molecular flexibility index (Phi) is 19.2. The van der Waals surface area contributed by atoms with Crippen LogP contribution in [0.5, 0.6) is 0 Å². The molecule has 0 aromatic heterocycles. The number of hydrogen-bond acceptors (Lipinski definition) is 5. The van der Waals surface area contributed by atoms with Crippen molar-refractivity contribution in [2.45, 2.75) is 26.0 Å². The SMILES string of the molecule is C[C@@H]1[O][Al][O]C1=O.C[C@H]1[N-][Al][O]C1=O.[W].[W].[Y]. The molecule has 2 atom stereocenters. The van der Waals surface area contributed by atoms with Crippen LogP contribution in [0.15, 0.2) is 0 Å². The van der Waals surface area contributed by atoms with Gasteiger partial charge in [0.15, 0.2) is 0 Å². The van der Waals surface area contributed by atoms with Gasteiger partial charge in [0.2, 0.25) is 5.97 Å². The van der Waals surface area contributed by atoms with Crippen molar-refractivity contribution in [2.75, 3.05) is 0 Å². The van der Waals surface area contributed by atoms with Gasteiger partial charge in [0.05, 0.1) is 0 Å². The summed E-state index contributed by atoms with van der Waals surface area (Å²) >= 11 is -0.856. The standard InChI is InChI=1S/C3H5NO2.C3H5O3.2Al.2W.Y/c2*1-2(4)3(5)6;;;;;/h2*2H,1H3,(H,5,6);;;;;/q2*-1;+1;+2;;;/p-2/t2*2-;;;;;/m10...../s1. The second-order valence-electron chi connectivity index (χ2n) is 2.68. The van der Waals surface area contributed by atoms with Crippen molar-refractivity contribution in [3.63, 3.8) is 0 Å². The van der Waals surface area contributed by atoms with Gasteiger partial charge in [-0.2, -0.15) is 0 Å². The van der Waals surface area contributed by atoms with Gasteiger partial charge in [-0.1, -0.05) is 6.92 Å². The molecular formula is C6H8Al2NO5W2Y-. The normalized spacial score (nSPS) is 24.1. The van der Waals surface area contributed by atoms with Crippen molar-refractivity contribution in [2.24, 2.45) is 0 Å². The van der Waals surface area contributed by atoms with Crippen molar-refractivity contribution < 1.29 is 95.8 Å². The molecule has 17 heavy (non-hydrogen) atoms. The molecule has 89 valence electrons. The summed E-state index contributed by atoms with van der Waals surface area (Å²) < 4.78 is 17.6. The Morgan fingerprint density at radius 3 is 1.82 bits per heavy atom. The summed E-state index contributed by atoms with van der Waals surface area (Å²) in [5, 5.41) is 0. The molecule has 11 heteroatoms. The first-order valence-corrected chi connectivity index (χ1v) is 5.94. The smallest absolute Gasteiger partial charge is 0.659 e. The quantitative estimate of drug-likeness (QED) is 0.317. The molecule has 0 saturated carbocycles. The summed E-state index contributed by atoms with van der Waals surface area (Å²) in [5.41, 5.74) is 0. The topological polar surface area (TPSA) is 75.9 Å². The van der Waals surface area contributed by atoms with E-state index in [0.29, 0.717) is 0 Å². The van der Waals surface area contributed by atoms with E-state index in [4.69, 9.17) is 3.79 Å². The fourth-order valence-corrected chi connectivity index (χ4v) is 1.93. The molecule has 0 amide bonds. The fraction of sp³-hybridized carbons (Fsp3) is 0.667. The summed E-state index contributed by atoms with van der Waals surface area (Å²) in [5.74, 6) is -0.398. The van der Waals surface area contributed by atoms with Crippen LogP contribution in [-0.2, 0) is 95.8 Å². The van der Waals surface area contributed by atoms with Gasteiger partial charge in [0, 0.05) is 74.8 Å². The van der Waals surface area contributed by atoms with Gasteiger partial charge in [-0.15, -0.1) is 0 Å². The maximum atomic E-state index is 10.3. The Balaban J connectivity index is -0.000000196. The molecule has 6 nitrogen and oxygen atoms in total. The molecule has 2 aliphatic heterocycles. The minimum absolute atomic E-state index is 0. The Bertz CT molecular complexity index is 226. The zero-order valence-corrected chi connectivity index (χ0v) is 20.2. The molecular weight excluding hydrogens is 677 g/mol. The molecule has 3 radical (unpaired) electrons. The van der Waals surface area contributed by atoms with Gasteiger partial charge in [-0.3, -0.25) is 9.59 Å². The van der Waals surface area contributed by atoms with E-state index >= 15 is 0 Å². The average Bonchev–Trinajstić information content (AvgIpc) is 2.67. The number of nitrogens with zero attached hydrogens (tertiary/aromatic N) is 1. The van der Waals surface area contributed by atoms with Crippen LogP contribution in [0, 0.1) is 0 Å². The summed E-state index contributed by atoms with van der Waals surface area (Å²) in [6.07, 6.45) is -0.310. The second-order valence-corrected chi connectivity index (χ2v) is 4.12. The van der Waals surface area contributed by atoms with Gasteiger partial charge >= 0.3 is 31.7 Å². The van der Waals surface area contributed by atoms with Crippen LogP contribution in [0.2, 0.25) is 0 Å². The molecule has 2 heterocycles. The Morgan fingerprint density at radius 1 is 1.12 bits per heavy atom. The van der Waals surface area contributed by atoms with E-state index in [1.54, 1.807) is 13.8 Å². The predicted molar refractivity (Wildman–Crippen MR) is 47.1 cm³/mol. The van der Waals surface area contributed by atoms with E-state index in [9.17, 15) is 9.59 Å². The molecule has 2 rings (SSSR count). The molecule has 0 aliphatic carbocycles. The first-order valence-electron chi connectivity index (χ1n) is 4.01. The number of rotatable bonds is 0. The summed E-state index contributed by atoms with van der Waals surface area (Å²) in [4.78, 5) is 20.5. The molecule has 2 saturated heterocycles. The minimum Gasteiger partial charge on any atom is -0.659 e. The number of carbonyl (C=O) groups excluding carboxylic acids is 2. The van der Waals surface area contributed by atoms with E-state index in [1.807, 2.05) is 0 Å². The van der Waals surface area contributed by atoms with Crippen molar-refractivity contribution >= 4 is 43.6 Å². The van der Waals surface area contributed by atoms with Crippen LogP contribution < -0.4 is 0 Å². The third kappa shape index (κ3) is 9.87. The van der Waals surface area contributed by atoms with Crippen LogP contribution >= 0.6 is 0 Å². The maximum absolute atomic E-state index is 10.3. The molecule has 0 spiro atoms. The van der Waals surface area contributed by atoms with Gasteiger partial charge in [0.1, 0.15) is 6.10 Å². The van der Waals surface area contributed by atoms with Crippen LogP contribution in [-0.4, -0.2) is 55.7 Å². The molecule has 0 aromatic rings. The molecule has 0 aromatic carbocycles. The maximum Gasteiger partial charge on any atom is 0.776 e. The van der Waals surface area contributed by atoms with Gasteiger partial charge in [-0.05, 0) is 13.0 Å². The predicted octanol–water partition coefficient (Wildman–Crippen LogP) is -0.685. The Morgan fingerprint density at radius 2 is 1.71 bits per heavy atom. The number of carbonyl (C=O) groups is 2. The van der Waals surface area contributed by atoms with Gasteiger partial charge in [0.25, 0.3) is 5.97 Å². The molecule has 0 bridgehead atoms. The first kappa shape index (κ1) is 24.4. The average molecular weight is 685 g/mol. The van der Waals surface area contributed by atoms with Crippen molar-refractivity contribution in [1.29, 1.82) is 0 Å². The zero-order valence-electron chi connectivity index (χ0n) is 9.19. The largest absolute Gasteiger partial charge is 0.776 e. The van der Waals surface area contributed by atoms with Crippen molar-refractivity contribution in [3.8, 4) is 0 Å².